The summed E-state index contributed by atoms with van der Waals surface area (Å²) in [4.78, 5) is 12.5. The van der Waals surface area contributed by atoms with Gasteiger partial charge in [0.15, 0.2) is 0 Å². The normalized spacial score (nSPS) is 10.9. The first kappa shape index (κ1) is 14.7. The van der Waals surface area contributed by atoms with Crippen molar-refractivity contribution in [2.45, 2.75) is 13.5 Å². The molecule has 3 aromatic rings. The minimum absolute atomic E-state index is 0.0468. The van der Waals surface area contributed by atoms with E-state index in [1.54, 1.807) is 17.7 Å². The van der Waals surface area contributed by atoms with Crippen LogP contribution in [-0.4, -0.2) is 11.7 Å². The predicted octanol–water partition coefficient (Wildman–Crippen LogP) is 4.02. The minimum atomic E-state index is -0.0468. The maximum Gasteiger partial charge on any atom is 0.251 e. The Kier molecular flexibility index (Phi) is 3.90. The molecule has 0 fully saturated rings. The largest absolute Gasteiger partial charge is 0.495 e. The van der Waals surface area contributed by atoms with Gasteiger partial charge < -0.3 is 9.30 Å². The van der Waals surface area contributed by atoms with Gasteiger partial charge in [0.1, 0.15) is 5.75 Å². The lowest BCUT2D eigenvalue weighted by atomic mass is 10.1. The fourth-order valence-corrected chi connectivity index (χ4v) is 2.92. The summed E-state index contributed by atoms with van der Waals surface area (Å²) in [6, 6.07) is 15.0. The lowest BCUT2D eigenvalue weighted by Crippen LogP contribution is -2.21. The summed E-state index contributed by atoms with van der Waals surface area (Å²) in [6.07, 6.45) is 0. The molecule has 0 N–H and O–H groups in total. The van der Waals surface area contributed by atoms with Crippen LogP contribution in [0.3, 0.4) is 0 Å². The van der Waals surface area contributed by atoms with Gasteiger partial charge in [0.2, 0.25) is 0 Å². The van der Waals surface area contributed by atoms with Crippen LogP contribution in [0.4, 0.5) is 0 Å². The van der Waals surface area contributed by atoms with Crippen LogP contribution in [0.15, 0.2) is 53.3 Å². The molecule has 0 atom stereocenters. The van der Waals surface area contributed by atoms with Crippen LogP contribution in [0.1, 0.15) is 11.1 Å². The second kappa shape index (κ2) is 5.85. The molecule has 1 heterocycles. The van der Waals surface area contributed by atoms with Crippen molar-refractivity contribution in [3.8, 4) is 5.75 Å². The molecule has 0 spiro atoms. The van der Waals surface area contributed by atoms with Crippen LogP contribution in [0.5, 0.6) is 5.75 Å². The number of rotatable bonds is 3. The maximum atomic E-state index is 12.5. The third-order valence-electron chi connectivity index (χ3n) is 3.75. The van der Waals surface area contributed by atoms with Gasteiger partial charge in [0.05, 0.1) is 19.2 Å². The number of halogens is 1. The fraction of sp³-hybridized carbons (Fsp3) is 0.167. The van der Waals surface area contributed by atoms with Crippen molar-refractivity contribution in [2.75, 3.05) is 7.11 Å². The van der Waals surface area contributed by atoms with Crippen LogP contribution in [0, 0.1) is 6.92 Å². The number of benzene rings is 2. The lowest BCUT2D eigenvalue weighted by Gasteiger charge is -2.15. The van der Waals surface area contributed by atoms with Crippen LogP contribution in [-0.2, 0) is 6.54 Å². The highest BCUT2D eigenvalue weighted by atomic mass is 35.5. The SMILES string of the molecule is COc1cccc2c(C)cc(=O)n(Cc3cccc(Cl)c3)c12. The summed E-state index contributed by atoms with van der Waals surface area (Å²) in [5.41, 5.74) is 2.69. The molecular formula is C18H16ClNO2. The molecule has 0 unspecified atom stereocenters. The Morgan fingerprint density at radius 3 is 2.64 bits per heavy atom. The number of fused-ring (bicyclic) bond motifs is 1. The molecule has 0 saturated heterocycles. The molecule has 0 bridgehead atoms. The molecular weight excluding hydrogens is 298 g/mol. The summed E-state index contributed by atoms with van der Waals surface area (Å²) < 4.78 is 7.18. The van der Waals surface area contributed by atoms with Gasteiger partial charge in [-0.05, 0) is 36.2 Å². The number of aromatic nitrogens is 1. The van der Waals surface area contributed by atoms with Crippen molar-refractivity contribution in [3.05, 3.63) is 75.0 Å². The van der Waals surface area contributed by atoms with Crippen LogP contribution in [0.2, 0.25) is 5.02 Å². The smallest absolute Gasteiger partial charge is 0.251 e. The molecule has 2 aromatic carbocycles. The zero-order valence-corrected chi connectivity index (χ0v) is 13.2. The Balaban J connectivity index is 2.26. The first-order valence-electron chi connectivity index (χ1n) is 7.02. The molecule has 1 aromatic heterocycles. The molecule has 3 rings (SSSR count). The Morgan fingerprint density at radius 2 is 1.91 bits per heavy atom. The summed E-state index contributed by atoms with van der Waals surface area (Å²) in [5.74, 6) is 0.695. The van der Waals surface area contributed by atoms with Crippen molar-refractivity contribution >= 4 is 22.5 Å². The van der Waals surface area contributed by atoms with Crippen molar-refractivity contribution in [2.24, 2.45) is 0 Å². The number of aryl methyl sites for hydroxylation is 1. The van der Waals surface area contributed by atoms with Crippen molar-refractivity contribution in [3.63, 3.8) is 0 Å². The summed E-state index contributed by atoms with van der Waals surface area (Å²) in [6.45, 7) is 2.39. The molecule has 0 saturated carbocycles. The first-order valence-corrected chi connectivity index (χ1v) is 7.39. The highest BCUT2D eigenvalue weighted by Gasteiger charge is 2.11. The molecule has 0 radical (unpaired) electrons. The van der Waals surface area contributed by atoms with Gasteiger partial charge in [-0.15, -0.1) is 0 Å². The highest BCUT2D eigenvalue weighted by molar-refractivity contribution is 6.30. The van der Waals surface area contributed by atoms with Crippen LogP contribution in [0.25, 0.3) is 10.9 Å². The fourth-order valence-electron chi connectivity index (χ4n) is 2.71. The van der Waals surface area contributed by atoms with E-state index in [1.165, 1.54) is 0 Å². The Hall–Kier alpha value is -2.26. The van der Waals surface area contributed by atoms with E-state index in [9.17, 15) is 4.79 Å². The predicted molar refractivity (Wildman–Crippen MR) is 90.1 cm³/mol. The van der Waals surface area contributed by atoms with Gasteiger partial charge in [-0.2, -0.15) is 0 Å². The topological polar surface area (TPSA) is 31.2 Å². The zero-order chi connectivity index (χ0) is 15.7. The Bertz CT molecular complexity index is 899. The average molecular weight is 314 g/mol. The lowest BCUT2D eigenvalue weighted by molar-refractivity contribution is 0.417. The number of hydrogen-bond donors (Lipinski definition) is 0. The van der Waals surface area contributed by atoms with Gasteiger partial charge in [-0.1, -0.05) is 35.9 Å². The van der Waals surface area contributed by atoms with E-state index in [-0.39, 0.29) is 5.56 Å². The molecule has 112 valence electrons. The first-order chi connectivity index (χ1) is 10.6. The average Bonchev–Trinajstić information content (AvgIpc) is 2.51. The van der Waals surface area contributed by atoms with Gasteiger partial charge in [-0.25, -0.2) is 0 Å². The van der Waals surface area contributed by atoms with Crippen LogP contribution >= 0.6 is 11.6 Å². The molecule has 0 amide bonds. The Morgan fingerprint density at radius 1 is 1.14 bits per heavy atom. The molecule has 4 heteroatoms. The van der Waals surface area contributed by atoms with Crippen LogP contribution < -0.4 is 10.3 Å². The standard InChI is InChI=1S/C18H16ClNO2/c1-12-9-17(21)20(11-13-5-3-6-14(19)10-13)18-15(12)7-4-8-16(18)22-2/h3-10H,11H2,1-2H3. The van der Waals surface area contributed by atoms with E-state index >= 15 is 0 Å². The van der Waals surface area contributed by atoms with E-state index in [0.717, 1.165) is 22.0 Å². The monoisotopic (exact) mass is 313 g/mol. The van der Waals surface area contributed by atoms with Gasteiger partial charge in [0, 0.05) is 16.5 Å². The van der Waals surface area contributed by atoms with Gasteiger partial charge in [-0.3, -0.25) is 4.79 Å². The number of nitrogens with zero attached hydrogens (tertiary/aromatic N) is 1. The number of hydrogen-bond acceptors (Lipinski definition) is 2. The maximum absolute atomic E-state index is 12.5. The molecule has 22 heavy (non-hydrogen) atoms. The van der Waals surface area contributed by atoms with Crippen molar-refractivity contribution in [1.82, 2.24) is 4.57 Å². The third-order valence-corrected chi connectivity index (χ3v) is 3.98. The zero-order valence-electron chi connectivity index (χ0n) is 12.5. The third kappa shape index (κ3) is 2.60. The Labute approximate surface area is 133 Å². The van der Waals surface area contributed by atoms with E-state index in [4.69, 9.17) is 16.3 Å². The van der Waals surface area contributed by atoms with Crippen molar-refractivity contribution < 1.29 is 4.74 Å². The number of ether oxygens (including phenoxy) is 1. The van der Waals surface area contributed by atoms with E-state index < -0.39 is 0 Å². The quantitative estimate of drug-likeness (QED) is 0.731. The summed E-state index contributed by atoms with van der Waals surface area (Å²) in [7, 11) is 1.62. The van der Waals surface area contributed by atoms with Crippen molar-refractivity contribution in [1.29, 1.82) is 0 Å². The summed E-state index contributed by atoms with van der Waals surface area (Å²) in [5, 5.41) is 1.68. The summed E-state index contributed by atoms with van der Waals surface area (Å²) >= 11 is 6.04. The van der Waals surface area contributed by atoms with E-state index in [1.807, 2.05) is 49.4 Å². The second-order valence-corrected chi connectivity index (χ2v) is 5.67. The highest BCUT2D eigenvalue weighted by Crippen LogP contribution is 2.27. The molecule has 0 aliphatic heterocycles. The molecule has 0 aliphatic rings. The molecule has 0 aliphatic carbocycles. The van der Waals surface area contributed by atoms with Gasteiger partial charge >= 0.3 is 0 Å². The van der Waals surface area contributed by atoms with Gasteiger partial charge in [0.25, 0.3) is 5.56 Å². The number of para-hydroxylation sites is 1. The minimum Gasteiger partial charge on any atom is -0.495 e. The number of pyridine rings is 1. The number of methoxy groups -OCH3 is 1. The molecule has 3 nitrogen and oxygen atoms in total. The van der Waals surface area contributed by atoms with E-state index in [2.05, 4.69) is 0 Å². The van der Waals surface area contributed by atoms with E-state index in [0.29, 0.717) is 17.3 Å². The second-order valence-electron chi connectivity index (χ2n) is 5.24.